The van der Waals surface area contributed by atoms with Gasteiger partial charge >= 0.3 is 0 Å². The lowest BCUT2D eigenvalue weighted by atomic mass is 9.98. The fraction of sp³-hybridized carbons (Fsp3) is 0.500. The topological polar surface area (TPSA) is 56.1 Å². The summed E-state index contributed by atoms with van der Waals surface area (Å²) in [7, 11) is 1.75. The summed E-state index contributed by atoms with van der Waals surface area (Å²) in [5, 5.41) is 12.1. The summed E-state index contributed by atoms with van der Waals surface area (Å²) in [6.45, 7) is 2.21. The zero-order valence-electron chi connectivity index (χ0n) is 12.7. The first-order valence-electron chi connectivity index (χ1n) is 7.19. The molecule has 6 heteroatoms. The monoisotopic (exact) mass is 367 g/mol. The zero-order valence-corrected chi connectivity index (χ0v) is 14.3. The molecule has 1 N–H and O–H groups in total. The maximum absolute atomic E-state index is 13.7. The molecule has 0 radical (unpaired) electrons. The van der Waals surface area contributed by atoms with E-state index >= 15 is 0 Å². The second-order valence-corrected chi connectivity index (χ2v) is 6.96. The number of rotatable bonds is 6. The highest BCUT2D eigenvalue weighted by Gasteiger charge is 2.43. The number of nitriles is 1. The van der Waals surface area contributed by atoms with Gasteiger partial charge in [-0.25, -0.2) is 4.39 Å². The van der Waals surface area contributed by atoms with Crippen LogP contribution in [0.4, 0.5) is 4.39 Å². The Bertz CT molecular complexity index is 612. The molecule has 0 saturated heterocycles. The van der Waals surface area contributed by atoms with Crippen molar-refractivity contribution in [3.8, 4) is 6.07 Å². The Kier molecular flexibility index (Phi) is 5.20. The molecule has 1 aliphatic carbocycles. The van der Waals surface area contributed by atoms with Crippen molar-refractivity contribution in [2.24, 2.45) is 5.92 Å². The number of halogens is 2. The van der Waals surface area contributed by atoms with Crippen LogP contribution in [0.1, 0.15) is 25.3 Å². The maximum atomic E-state index is 13.7. The molecular formula is C16H19BrFN3O. The Hall–Kier alpha value is -1.45. The molecule has 0 spiro atoms. The first kappa shape index (κ1) is 16.9. The molecule has 1 aromatic rings. The SMILES string of the molecule is CN(CC(=O)NC(C)(C#N)C1CC1)Cc1cc(Br)ccc1F. The Morgan fingerprint density at radius 1 is 1.59 bits per heavy atom. The molecule has 0 aliphatic heterocycles. The van der Waals surface area contributed by atoms with Crippen LogP contribution in [0, 0.1) is 23.1 Å². The van der Waals surface area contributed by atoms with Crippen LogP contribution in [0.5, 0.6) is 0 Å². The number of hydrogen-bond donors (Lipinski definition) is 1. The lowest BCUT2D eigenvalue weighted by Gasteiger charge is -2.25. The second kappa shape index (κ2) is 6.76. The highest BCUT2D eigenvalue weighted by atomic mass is 79.9. The first-order chi connectivity index (χ1) is 10.3. The van der Waals surface area contributed by atoms with Crippen LogP contribution in [-0.2, 0) is 11.3 Å². The molecule has 1 amide bonds. The third kappa shape index (κ3) is 4.28. The highest BCUT2D eigenvalue weighted by molar-refractivity contribution is 9.10. The van der Waals surface area contributed by atoms with E-state index in [0.29, 0.717) is 12.1 Å². The molecule has 2 rings (SSSR count). The van der Waals surface area contributed by atoms with E-state index in [4.69, 9.17) is 0 Å². The van der Waals surface area contributed by atoms with Gasteiger partial charge in [-0.15, -0.1) is 0 Å². The molecule has 0 aromatic heterocycles. The summed E-state index contributed by atoms with van der Waals surface area (Å²) < 4.78 is 14.5. The van der Waals surface area contributed by atoms with E-state index in [1.165, 1.54) is 6.07 Å². The third-order valence-electron chi connectivity index (χ3n) is 3.89. The van der Waals surface area contributed by atoms with Crippen molar-refractivity contribution in [2.75, 3.05) is 13.6 Å². The minimum absolute atomic E-state index is 0.121. The Morgan fingerprint density at radius 2 is 2.27 bits per heavy atom. The van der Waals surface area contributed by atoms with Gasteiger partial charge in [0.05, 0.1) is 12.6 Å². The number of nitrogens with zero attached hydrogens (tertiary/aromatic N) is 2. The lowest BCUT2D eigenvalue weighted by molar-refractivity contribution is -0.123. The summed E-state index contributed by atoms with van der Waals surface area (Å²) in [6.07, 6.45) is 1.95. The molecular weight excluding hydrogens is 349 g/mol. The largest absolute Gasteiger partial charge is 0.337 e. The molecule has 0 bridgehead atoms. The van der Waals surface area contributed by atoms with Crippen molar-refractivity contribution in [2.45, 2.75) is 31.8 Å². The fourth-order valence-corrected chi connectivity index (χ4v) is 2.88. The summed E-state index contributed by atoms with van der Waals surface area (Å²) in [5.41, 5.74) is -0.270. The van der Waals surface area contributed by atoms with Gasteiger partial charge in [-0.1, -0.05) is 15.9 Å². The lowest BCUT2D eigenvalue weighted by Crippen LogP contribution is -2.49. The minimum atomic E-state index is -0.793. The van der Waals surface area contributed by atoms with E-state index in [1.54, 1.807) is 31.0 Å². The molecule has 1 atom stereocenters. The summed E-state index contributed by atoms with van der Waals surface area (Å²) in [6, 6.07) is 6.93. The average molecular weight is 368 g/mol. The van der Waals surface area contributed by atoms with Gasteiger partial charge in [-0.3, -0.25) is 9.69 Å². The smallest absolute Gasteiger partial charge is 0.235 e. The van der Waals surface area contributed by atoms with Gasteiger partial charge in [-0.05, 0) is 50.9 Å². The highest BCUT2D eigenvalue weighted by Crippen LogP contribution is 2.39. The minimum Gasteiger partial charge on any atom is -0.337 e. The molecule has 1 aromatic carbocycles. The number of amides is 1. The van der Waals surface area contributed by atoms with E-state index in [1.807, 2.05) is 0 Å². The van der Waals surface area contributed by atoms with Gasteiger partial charge in [0.25, 0.3) is 0 Å². The van der Waals surface area contributed by atoms with Crippen molar-refractivity contribution in [1.82, 2.24) is 10.2 Å². The summed E-state index contributed by atoms with van der Waals surface area (Å²) in [4.78, 5) is 13.8. The van der Waals surface area contributed by atoms with Crippen LogP contribution >= 0.6 is 15.9 Å². The summed E-state index contributed by atoms with van der Waals surface area (Å²) >= 11 is 3.31. The fourth-order valence-electron chi connectivity index (χ4n) is 2.47. The molecule has 0 heterocycles. The Morgan fingerprint density at radius 3 is 2.86 bits per heavy atom. The number of carbonyl (C=O) groups is 1. The van der Waals surface area contributed by atoms with Crippen molar-refractivity contribution in [3.63, 3.8) is 0 Å². The van der Waals surface area contributed by atoms with Crippen molar-refractivity contribution in [1.29, 1.82) is 5.26 Å². The Balaban J connectivity index is 1.91. The quantitative estimate of drug-likeness (QED) is 0.840. The van der Waals surface area contributed by atoms with Crippen LogP contribution in [0.15, 0.2) is 22.7 Å². The van der Waals surface area contributed by atoms with Crippen LogP contribution in [-0.4, -0.2) is 29.9 Å². The maximum Gasteiger partial charge on any atom is 0.235 e. The predicted octanol–water partition coefficient (Wildman–Crippen LogP) is 2.83. The van der Waals surface area contributed by atoms with Crippen molar-refractivity contribution < 1.29 is 9.18 Å². The second-order valence-electron chi connectivity index (χ2n) is 6.04. The number of benzene rings is 1. The van der Waals surface area contributed by atoms with E-state index in [0.717, 1.165) is 17.3 Å². The number of hydrogen-bond acceptors (Lipinski definition) is 3. The van der Waals surface area contributed by atoms with Gasteiger partial charge in [0.1, 0.15) is 11.4 Å². The van der Waals surface area contributed by atoms with Crippen LogP contribution < -0.4 is 5.32 Å². The number of nitrogens with one attached hydrogen (secondary N) is 1. The van der Waals surface area contributed by atoms with Gasteiger partial charge in [0.2, 0.25) is 5.91 Å². The van der Waals surface area contributed by atoms with Crippen LogP contribution in [0.3, 0.4) is 0 Å². The Labute approximate surface area is 138 Å². The molecule has 118 valence electrons. The molecule has 4 nitrogen and oxygen atoms in total. The van der Waals surface area contributed by atoms with E-state index < -0.39 is 5.54 Å². The molecule has 1 aliphatic rings. The number of likely N-dealkylation sites (N-methyl/N-ethyl adjacent to an activating group) is 1. The van der Waals surface area contributed by atoms with Gasteiger partial charge in [0, 0.05) is 16.6 Å². The van der Waals surface area contributed by atoms with Gasteiger partial charge < -0.3 is 5.32 Å². The first-order valence-corrected chi connectivity index (χ1v) is 7.98. The van der Waals surface area contributed by atoms with Gasteiger partial charge in [-0.2, -0.15) is 5.26 Å². The summed E-state index contributed by atoms with van der Waals surface area (Å²) in [5.74, 6) is -0.265. The number of carbonyl (C=O) groups excluding carboxylic acids is 1. The third-order valence-corrected chi connectivity index (χ3v) is 4.38. The standard InChI is InChI=1S/C16H19BrFN3O/c1-16(10-19,12-3-4-12)20-15(22)9-21(2)8-11-7-13(17)5-6-14(11)18/h5-7,12H,3-4,8-9H2,1-2H3,(H,20,22). The molecule has 1 fully saturated rings. The molecule has 1 saturated carbocycles. The van der Waals surface area contributed by atoms with Crippen LogP contribution in [0.2, 0.25) is 0 Å². The average Bonchev–Trinajstić information content (AvgIpc) is 3.27. The van der Waals surface area contributed by atoms with Crippen molar-refractivity contribution >= 4 is 21.8 Å². The van der Waals surface area contributed by atoms with E-state index in [9.17, 15) is 14.4 Å². The van der Waals surface area contributed by atoms with Gasteiger partial charge in [0.15, 0.2) is 0 Å². The molecule has 1 unspecified atom stereocenters. The zero-order chi connectivity index (χ0) is 16.3. The molecule has 22 heavy (non-hydrogen) atoms. The van der Waals surface area contributed by atoms with Crippen LogP contribution in [0.25, 0.3) is 0 Å². The van der Waals surface area contributed by atoms with E-state index in [-0.39, 0.29) is 24.2 Å². The predicted molar refractivity (Wildman–Crippen MR) is 85.3 cm³/mol. The normalized spacial score (nSPS) is 16.9. The van der Waals surface area contributed by atoms with E-state index in [2.05, 4.69) is 27.3 Å². The van der Waals surface area contributed by atoms with Crippen molar-refractivity contribution in [3.05, 3.63) is 34.1 Å².